The maximum absolute atomic E-state index is 5.72. The molecule has 1 aromatic carbocycles. The fraction of sp³-hybridized carbons (Fsp3) is 0.312. The lowest BCUT2D eigenvalue weighted by Gasteiger charge is -2.19. The lowest BCUT2D eigenvalue weighted by atomic mass is 9.98. The van der Waals surface area contributed by atoms with Crippen LogP contribution in [0.25, 0.3) is 0 Å². The predicted molar refractivity (Wildman–Crippen MR) is 80.3 cm³/mol. The van der Waals surface area contributed by atoms with Crippen molar-refractivity contribution in [1.82, 2.24) is 10.4 Å². The summed E-state index contributed by atoms with van der Waals surface area (Å²) < 4.78 is 5.65. The normalized spacial score (nSPS) is 12.4. The summed E-state index contributed by atoms with van der Waals surface area (Å²) in [5.74, 6) is 6.58. The van der Waals surface area contributed by atoms with Crippen molar-refractivity contribution in [3.63, 3.8) is 0 Å². The van der Waals surface area contributed by atoms with Gasteiger partial charge in [0.25, 0.3) is 0 Å². The molecule has 20 heavy (non-hydrogen) atoms. The SMILES string of the molecule is Cc1ncccc1C(NN)c1ccc(OC(C)C)cc1. The Morgan fingerprint density at radius 1 is 1.15 bits per heavy atom. The smallest absolute Gasteiger partial charge is 0.119 e. The Morgan fingerprint density at radius 3 is 2.40 bits per heavy atom. The fourth-order valence-corrected chi connectivity index (χ4v) is 2.18. The molecule has 4 heteroatoms. The van der Waals surface area contributed by atoms with Gasteiger partial charge in [-0.3, -0.25) is 10.8 Å². The zero-order valence-electron chi connectivity index (χ0n) is 12.1. The van der Waals surface area contributed by atoms with Crippen molar-refractivity contribution in [3.8, 4) is 5.75 Å². The molecular formula is C16H21N3O. The summed E-state index contributed by atoms with van der Waals surface area (Å²) >= 11 is 0. The molecule has 0 saturated heterocycles. The highest BCUT2D eigenvalue weighted by Crippen LogP contribution is 2.25. The maximum atomic E-state index is 5.72. The van der Waals surface area contributed by atoms with Crippen molar-refractivity contribution in [2.45, 2.75) is 32.9 Å². The first-order chi connectivity index (χ1) is 9.61. The highest BCUT2D eigenvalue weighted by Gasteiger charge is 2.15. The molecule has 0 fully saturated rings. The summed E-state index contributed by atoms with van der Waals surface area (Å²) in [4.78, 5) is 4.31. The summed E-state index contributed by atoms with van der Waals surface area (Å²) in [7, 11) is 0. The Bertz CT molecular complexity index is 552. The molecule has 2 rings (SSSR count). The number of nitrogens with one attached hydrogen (secondary N) is 1. The molecule has 1 heterocycles. The van der Waals surface area contributed by atoms with E-state index < -0.39 is 0 Å². The van der Waals surface area contributed by atoms with Crippen LogP contribution in [0.2, 0.25) is 0 Å². The quantitative estimate of drug-likeness (QED) is 0.648. The van der Waals surface area contributed by atoms with Crippen molar-refractivity contribution < 1.29 is 4.74 Å². The van der Waals surface area contributed by atoms with Crippen LogP contribution in [0.4, 0.5) is 0 Å². The molecule has 2 aromatic rings. The monoisotopic (exact) mass is 271 g/mol. The number of ether oxygens (including phenoxy) is 1. The molecule has 106 valence electrons. The average molecular weight is 271 g/mol. The number of aromatic nitrogens is 1. The van der Waals surface area contributed by atoms with Crippen LogP contribution in [-0.4, -0.2) is 11.1 Å². The van der Waals surface area contributed by atoms with Gasteiger partial charge in [0.05, 0.1) is 12.1 Å². The molecule has 1 aromatic heterocycles. The number of pyridine rings is 1. The van der Waals surface area contributed by atoms with Crippen molar-refractivity contribution in [2.24, 2.45) is 5.84 Å². The van der Waals surface area contributed by atoms with Gasteiger partial charge in [-0.05, 0) is 50.1 Å². The van der Waals surface area contributed by atoms with Crippen molar-refractivity contribution in [3.05, 3.63) is 59.4 Å². The molecule has 1 unspecified atom stereocenters. The molecule has 0 saturated carbocycles. The van der Waals surface area contributed by atoms with Crippen LogP contribution in [0.1, 0.15) is 36.7 Å². The summed E-state index contributed by atoms with van der Waals surface area (Å²) in [6, 6.07) is 11.9. The minimum Gasteiger partial charge on any atom is -0.491 e. The third kappa shape index (κ3) is 3.35. The molecule has 0 bridgehead atoms. The Hall–Kier alpha value is -1.91. The highest BCUT2D eigenvalue weighted by molar-refractivity contribution is 5.36. The number of benzene rings is 1. The van der Waals surface area contributed by atoms with Crippen LogP contribution in [0.3, 0.4) is 0 Å². The van der Waals surface area contributed by atoms with Gasteiger partial charge in [0.1, 0.15) is 5.75 Å². The number of rotatable bonds is 5. The van der Waals surface area contributed by atoms with Gasteiger partial charge < -0.3 is 4.74 Å². The average Bonchev–Trinajstić information content (AvgIpc) is 2.43. The van der Waals surface area contributed by atoms with E-state index in [1.165, 1.54) is 0 Å². The molecule has 1 atom stereocenters. The van der Waals surface area contributed by atoms with Crippen LogP contribution in [-0.2, 0) is 0 Å². The zero-order valence-corrected chi connectivity index (χ0v) is 12.1. The first-order valence-electron chi connectivity index (χ1n) is 6.76. The van der Waals surface area contributed by atoms with Gasteiger partial charge in [0.2, 0.25) is 0 Å². The molecule has 3 N–H and O–H groups in total. The van der Waals surface area contributed by atoms with Gasteiger partial charge in [0.15, 0.2) is 0 Å². The maximum Gasteiger partial charge on any atom is 0.119 e. The molecule has 0 aliphatic rings. The first kappa shape index (κ1) is 14.5. The van der Waals surface area contributed by atoms with Gasteiger partial charge in [0, 0.05) is 11.9 Å². The molecular weight excluding hydrogens is 250 g/mol. The van der Waals surface area contributed by atoms with E-state index in [0.717, 1.165) is 22.6 Å². The minimum absolute atomic E-state index is 0.0724. The molecule has 0 aliphatic carbocycles. The van der Waals surface area contributed by atoms with Crippen LogP contribution < -0.4 is 16.0 Å². The van der Waals surface area contributed by atoms with E-state index >= 15 is 0 Å². The van der Waals surface area contributed by atoms with E-state index in [1.54, 1.807) is 6.20 Å². The first-order valence-corrected chi connectivity index (χ1v) is 6.76. The molecule has 0 aliphatic heterocycles. The third-order valence-corrected chi connectivity index (χ3v) is 3.11. The largest absolute Gasteiger partial charge is 0.491 e. The number of hydrogen-bond donors (Lipinski definition) is 2. The Morgan fingerprint density at radius 2 is 1.85 bits per heavy atom. The van der Waals surface area contributed by atoms with Crippen molar-refractivity contribution in [2.75, 3.05) is 0 Å². The van der Waals surface area contributed by atoms with Crippen molar-refractivity contribution in [1.29, 1.82) is 0 Å². The number of nitrogens with two attached hydrogens (primary N) is 1. The summed E-state index contributed by atoms with van der Waals surface area (Å²) in [6.45, 7) is 6.00. The second-order valence-corrected chi connectivity index (χ2v) is 5.01. The second-order valence-electron chi connectivity index (χ2n) is 5.01. The minimum atomic E-state index is -0.0724. The third-order valence-electron chi connectivity index (χ3n) is 3.11. The van der Waals surface area contributed by atoms with E-state index in [1.807, 2.05) is 57.2 Å². The Kier molecular flexibility index (Phi) is 4.71. The highest BCUT2D eigenvalue weighted by atomic mass is 16.5. The van der Waals surface area contributed by atoms with E-state index in [2.05, 4.69) is 10.4 Å². The number of nitrogens with zero attached hydrogens (tertiary/aromatic N) is 1. The van der Waals surface area contributed by atoms with Gasteiger partial charge in [-0.1, -0.05) is 18.2 Å². The predicted octanol–water partition coefficient (Wildman–Crippen LogP) is 2.73. The summed E-state index contributed by atoms with van der Waals surface area (Å²) in [5, 5.41) is 0. The van der Waals surface area contributed by atoms with Gasteiger partial charge in [-0.15, -0.1) is 0 Å². The number of aryl methyl sites for hydroxylation is 1. The fourth-order valence-electron chi connectivity index (χ4n) is 2.18. The summed E-state index contributed by atoms with van der Waals surface area (Å²) in [5.41, 5.74) is 5.98. The number of hydrogen-bond acceptors (Lipinski definition) is 4. The van der Waals surface area contributed by atoms with Gasteiger partial charge in [-0.2, -0.15) is 0 Å². The molecule has 4 nitrogen and oxygen atoms in total. The second kappa shape index (κ2) is 6.50. The molecule has 0 amide bonds. The van der Waals surface area contributed by atoms with Crippen LogP contribution >= 0.6 is 0 Å². The van der Waals surface area contributed by atoms with Crippen LogP contribution in [0.15, 0.2) is 42.6 Å². The Balaban J connectivity index is 2.26. The topological polar surface area (TPSA) is 60.2 Å². The molecule has 0 spiro atoms. The van der Waals surface area contributed by atoms with Gasteiger partial charge in [-0.25, -0.2) is 5.43 Å². The van der Waals surface area contributed by atoms with Crippen LogP contribution in [0.5, 0.6) is 5.75 Å². The van der Waals surface area contributed by atoms with E-state index in [9.17, 15) is 0 Å². The summed E-state index contributed by atoms with van der Waals surface area (Å²) in [6.07, 6.45) is 1.95. The van der Waals surface area contributed by atoms with Gasteiger partial charge >= 0.3 is 0 Å². The number of hydrazine groups is 1. The van der Waals surface area contributed by atoms with Crippen LogP contribution in [0, 0.1) is 6.92 Å². The van der Waals surface area contributed by atoms with Crippen molar-refractivity contribution >= 4 is 0 Å². The lowest BCUT2D eigenvalue weighted by Crippen LogP contribution is -2.29. The standard InChI is InChI=1S/C16H21N3O/c1-11(2)20-14-8-6-13(7-9-14)16(19-17)15-5-4-10-18-12(15)3/h4-11,16,19H,17H2,1-3H3. The zero-order chi connectivity index (χ0) is 14.5. The Labute approximate surface area is 120 Å². The van der Waals surface area contributed by atoms with E-state index in [4.69, 9.17) is 10.6 Å². The van der Waals surface area contributed by atoms with E-state index in [-0.39, 0.29) is 12.1 Å². The molecule has 0 radical (unpaired) electrons. The lowest BCUT2D eigenvalue weighted by molar-refractivity contribution is 0.242. The van der Waals surface area contributed by atoms with E-state index in [0.29, 0.717) is 0 Å².